The molecule has 0 atom stereocenters. The molecule has 0 aliphatic rings. The standard InChI is InChI=1S/C19H14N4O/c1-11-7-8-12-13-9-20-10-14(17(13)24-19(12)21-11)18-22-15-5-3-4-6-16(15)23(18)2/h3-10H,1-2H3. The summed E-state index contributed by atoms with van der Waals surface area (Å²) in [7, 11) is 2.01. The molecule has 5 nitrogen and oxygen atoms in total. The second kappa shape index (κ2) is 4.64. The Morgan fingerprint density at radius 2 is 1.83 bits per heavy atom. The molecule has 0 amide bonds. The second-order valence-corrected chi connectivity index (χ2v) is 5.95. The molecule has 0 fully saturated rings. The quantitative estimate of drug-likeness (QED) is 0.464. The van der Waals surface area contributed by atoms with Crippen LogP contribution < -0.4 is 0 Å². The molecule has 0 spiro atoms. The summed E-state index contributed by atoms with van der Waals surface area (Å²) in [6.45, 7) is 1.96. The third kappa shape index (κ3) is 1.72. The van der Waals surface area contributed by atoms with Crippen LogP contribution in [0.25, 0.3) is 44.5 Å². The Bertz CT molecular complexity index is 1230. The number of hydrogen-bond donors (Lipinski definition) is 0. The van der Waals surface area contributed by atoms with Crippen LogP contribution in [0.5, 0.6) is 0 Å². The molecular weight excluding hydrogens is 300 g/mol. The van der Waals surface area contributed by atoms with E-state index >= 15 is 0 Å². The van der Waals surface area contributed by atoms with E-state index in [0.717, 1.165) is 44.5 Å². The molecule has 1 aromatic carbocycles. The molecule has 0 aliphatic carbocycles. The third-order valence-corrected chi connectivity index (χ3v) is 4.41. The van der Waals surface area contributed by atoms with Crippen LogP contribution in [0.3, 0.4) is 0 Å². The predicted molar refractivity (Wildman–Crippen MR) is 93.8 cm³/mol. The van der Waals surface area contributed by atoms with Gasteiger partial charge in [0.2, 0.25) is 5.71 Å². The highest BCUT2D eigenvalue weighted by Gasteiger charge is 2.17. The number of aromatic nitrogens is 4. The minimum Gasteiger partial charge on any atom is -0.437 e. The Hall–Kier alpha value is -3.21. The number of nitrogens with zero attached hydrogens (tertiary/aromatic N) is 4. The van der Waals surface area contributed by atoms with Crippen molar-refractivity contribution in [1.29, 1.82) is 0 Å². The zero-order valence-corrected chi connectivity index (χ0v) is 13.3. The van der Waals surface area contributed by atoms with Gasteiger partial charge in [0.25, 0.3) is 0 Å². The van der Waals surface area contributed by atoms with Crippen LogP contribution in [0.2, 0.25) is 0 Å². The molecule has 0 saturated carbocycles. The molecule has 0 radical (unpaired) electrons. The molecule has 5 heteroatoms. The monoisotopic (exact) mass is 314 g/mol. The molecule has 4 heterocycles. The summed E-state index contributed by atoms with van der Waals surface area (Å²) >= 11 is 0. The number of rotatable bonds is 1. The third-order valence-electron chi connectivity index (χ3n) is 4.41. The topological polar surface area (TPSA) is 56.7 Å². The summed E-state index contributed by atoms with van der Waals surface area (Å²) in [6.07, 6.45) is 3.63. The normalized spacial score (nSPS) is 11.8. The Morgan fingerprint density at radius 3 is 2.71 bits per heavy atom. The number of imidazole rings is 1. The van der Waals surface area contributed by atoms with Gasteiger partial charge in [-0.2, -0.15) is 0 Å². The van der Waals surface area contributed by atoms with Gasteiger partial charge >= 0.3 is 0 Å². The van der Waals surface area contributed by atoms with E-state index in [1.54, 1.807) is 6.20 Å². The highest BCUT2D eigenvalue weighted by atomic mass is 16.3. The second-order valence-electron chi connectivity index (χ2n) is 5.95. The van der Waals surface area contributed by atoms with Crippen LogP contribution in [0.4, 0.5) is 0 Å². The maximum absolute atomic E-state index is 6.07. The zero-order valence-electron chi connectivity index (χ0n) is 13.3. The first-order valence-corrected chi connectivity index (χ1v) is 7.78. The minimum atomic E-state index is 0.637. The van der Waals surface area contributed by atoms with Crippen LogP contribution in [-0.4, -0.2) is 19.5 Å². The number of hydrogen-bond acceptors (Lipinski definition) is 4. The fourth-order valence-corrected chi connectivity index (χ4v) is 3.21. The molecular formula is C19H14N4O. The average molecular weight is 314 g/mol. The van der Waals surface area contributed by atoms with Gasteiger partial charge in [0, 0.05) is 35.9 Å². The lowest BCUT2D eigenvalue weighted by Crippen LogP contribution is -1.93. The van der Waals surface area contributed by atoms with Gasteiger partial charge in [0.1, 0.15) is 5.82 Å². The number of para-hydroxylation sites is 2. The first-order chi connectivity index (χ1) is 11.7. The number of benzene rings is 1. The van der Waals surface area contributed by atoms with Gasteiger partial charge in [0.15, 0.2) is 5.58 Å². The van der Waals surface area contributed by atoms with Crippen molar-refractivity contribution in [2.24, 2.45) is 7.05 Å². The van der Waals surface area contributed by atoms with E-state index in [2.05, 4.69) is 20.6 Å². The van der Waals surface area contributed by atoms with Gasteiger partial charge in [-0.3, -0.25) is 4.98 Å². The number of pyridine rings is 2. The fourth-order valence-electron chi connectivity index (χ4n) is 3.21. The van der Waals surface area contributed by atoms with E-state index in [-0.39, 0.29) is 0 Å². The van der Waals surface area contributed by atoms with E-state index < -0.39 is 0 Å². The van der Waals surface area contributed by atoms with Crippen LogP contribution >= 0.6 is 0 Å². The minimum absolute atomic E-state index is 0.637. The fraction of sp³-hybridized carbons (Fsp3) is 0.105. The molecule has 5 aromatic rings. The summed E-state index contributed by atoms with van der Waals surface area (Å²) in [6, 6.07) is 12.1. The summed E-state index contributed by atoms with van der Waals surface area (Å²) in [5.74, 6) is 0.838. The van der Waals surface area contributed by atoms with Crippen molar-refractivity contribution in [2.45, 2.75) is 6.92 Å². The average Bonchev–Trinajstić information content (AvgIpc) is 3.12. The summed E-state index contributed by atoms with van der Waals surface area (Å²) in [5, 5.41) is 1.94. The molecule has 5 rings (SSSR count). The molecule has 0 aliphatic heterocycles. The van der Waals surface area contributed by atoms with Gasteiger partial charge in [-0.05, 0) is 31.2 Å². The predicted octanol–water partition coefficient (Wildman–Crippen LogP) is 4.24. The lowest BCUT2D eigenvalue weighted by atomic mass is 10.1. The largest absolute Gasteiger partial charge is 0.437 e. The smallest absolute Gasteiger partial charge is 0.227 e. The number of furan rings is 1. The molecule has 116 valence electrons. The van der Waals surface area contributed by atoms with E-state index in [1.165, 1.54) is 0 Å². The Morgan fingerprint density at radius 1 is 0.958 bits per heavy atom. The highest BCUT2D eigenvalue weighted by molar-refractivity contribution is 6.07. The maximum Gasteiger partial charge on any atom is 0.227 e. The maximum atomic E-state index is 6.07. The van der Waals surface area contributed by atoms with E-state index in [9.17, 15) is 0 Å². The van der Waals surface area contributed by atoms with Crippen LogP contribution in [0.15, 0.2) is 53.2 Å². The van der Waals surface area contributed by atoms with Crippen LogP contribution in [-0.2, 0) is 7.05 Å². The molecule has 0 unspecified atom stereocenters. The van der Waals surface area contributed by atoms with Crippen molar-refractivity contribution < 1.29 is 4.42 Å². The molecule has 4 aromatic heterocycles. The van der Waals surface area contributed by atoms with Crippen molar-refractivity contribution in [3.63, 3.8) is 0 Å². The van der Waals surface area contributed by atoms with E-state index in [0.29, 0.717) is 5.71 Å². The Balaban J connectivity index is 1.88. The van der Waals surface area contributed by atoms with Gasteiger partial charge < -0.3 is 8.98 Å². The van der Waals surface area contributed by atoms with Crippen molar-refractivity contribution >= 4 is 33.1 Å². The SMILES string of the molecule is Cc1ccc2c(n1)oc1c(-c3nc4ccccc4n3C)cncc12. The summed E-state index contributed by atoms with van der Waals surface area (Å²) in [4.78, 5) is 13.7. The van der Waals surface area contributed by atoms with Crippen LogP contribution in [0.1, 0.15) is 5.69 Å². The van der Waals surface area contributed by atoms with Gasteiger partial charge in [-0.15, -0.1) is 0 Å². The lowest BCUT2D eigenvalue weighted by Gasteiger charge is -2.02. The number of fused-ring (bicyclic) bond motifs is 4. The number of aryl methyl sites for hydroxylation is 2. The van der Waals surface area contributed by atoms with Gasteiger partial charge in [-0.25, -0.2) is 9.97 Å². The van der Waals surface area contributed by atoms with Crippen molar-refractivity contribution in [3.8, 4) is 11.4 Å². The van der Waals surface area contributed by atoms with Crippen molar-refractivity contribution in [3.05, 3.63) is 54.5 Å². The molecule has 0 N–H and O–H groups in total. The van der Waals surface area contributed by atoms with Crippen molar-refractivity contribution in [2.75, 3.05) is 0 Å². The first-order valence-electron chi connectivity index (χ1n) is 7.78. The van der Waals surface area contributed by atoms with Crippen LogP contribution in [0, 0.1) is 6.92 Å². The first kappa shape index (κ1) is 13.2. The zero-order chi connectivity index (χ0) is 16.3. The summed E-state index contributed by atoms with van der Waals surface area (Å²) in [5.41, 5.74) is 5.25. The summed E-state index contributed by atoms with van der Waals surface area (Å²) < 4.78 is 8.13. The molecule has 24 heavy (non-hydrogen) atoms. The van der Waals surface area contributed by atoms with Crippen molar-refractivity contribution in [1.82, 2.24) is 19.5 Å². The molecule has 0 saturated heterocycles. The molecule has 0 bridgehead atoms. The Labute approximate surface area is 137 Å². The van der Waals surface area contributed by atoms with E-state index in [1.807, 2.05) is 50.5 Å². The van der Waals surface area contributed by atoms with Gasteiger partial charge in [-0.1, -0.05) is 12.1 Å². The highest BCUT2D eigenvalue weighted by Crippen LogP contribution is 2.34. The van der Waals surface area contributed by atoms with Gasteiger partial charge in [0.05, 0.1) is 16.6 Å². The van der Waals surface area contributed by atoms with E-state index in [4.69, 9.17) is 9.40 Å². The lowest BCUT2D eigenvalue weighted by molar-refractivity contribution is 0.652. The Kier molecular flexibility index (Phi) is 2.56.